The summed E-state index contributed by atoms with van der Waals surface area (Å²) in [6.45, 7) is 0.866. The molecule has 1 saturated carbocycles. The number of hydrogen-bond acceptors (Lipinski definition) is 3. The van der Waals surface area contributed by atoms with Gasteiger partial charge in [0.15, 0.2) is 0 Å². The molecule has 124 valence electrons. The molecular weight excluding hydrogens is 310 g/mol. The van der Waals surface area contributed by atoms with Gasteiger partial charge >= 0.3 is 0 Å². The molecule has 1 aliphatic rings. The van der Waals surface area contributed by atoms with Crippen molar-refractivity contribution in [1.29, 1.82) is 5.26 Å². The minimum absolute atomic E-state index is 0.317. The molecule has 0 saturated heterocycles. The molecule has 5 heteroatoms. The predicted molar refractivity (Wildman–Crippen MR) is 85.9 cm³/mol. The first kappa shape index (κ1) is 16.6. The van der Waals surface area contributed by atoms with E-state index in [1.165, 1.54) is 24.3 Å². The zero-order valence-corrected chi connectivity index (χ0v) is 13.1. The summed E-state index contributed by atoms with van der Waals surface area (Å²) >= 11 is 0. The second-order valence-corrected chi connectivity index (χ2v) is 6.14. The van der Waals surface area contributed by atoms with Crippen LogP contribution < -0.4 is 0 Å². The Labute approximate surface area is 139 Å². The Morgan fingerprint density at radius 3 is 2.42 bits per heavy atom. The summed E-state index contributed by atoms with van der Waals surface area (Å²) in [5.74, 6) is -0.769. The maximum Gasteiger partial charge on any atom is 0.124 e. The van der Waals surface area contributed by atoms with Crippen molar-refractivity contribution < 1.29 is 13.9 Å². The molecule has 0 heterocycles. The Balaban J connectivity index is 1.74. The van der Waals surface area contributed by atoms with Crippen molar-refractivity contribution >= 4 is 0 Å². The average molecular weight is 328 g/mol. The molecule has 1 atom stereocenters. The first-order chi connectivity index (χ1) is 11.6. The van der Waals surface area contributed by atoms with Crippen LogP contribution in [-0.4, -0.2) is 22.6 Å². The Kier molecular flexibility index (Phi) is 4.89. The predicted octanol–water partition coefficient (Wildman–Crippen LogP) is 3.53. The summed E-state index contributed by atoms with van der Waals surface area (Å²) < 4.78 is 26.3. The number of aliphatic hydroxyl groups is 1. The largest absolute Gasteiger partial charge is 0.387 e. The molecule has 1 aliphatic carbocycles. The first-order valence-corrected chi connectivity index (χ1v) is 7.93. The molecule has 0 aliphatic heterocycles. The standard InChI is InChI=1S/C19H18F2N2O/c20-16-4-1-13(2-5-16)19(24)12-23(18-7-8-18)11-14-3-6-17(21)9-15(14)10-22/h1-6,9,18-19,24H,7-8,11-12H2. The molecule has 1 fully saturated rings. The lowest BCUT2D eigenvalue weighted by Crippen LogP contribution is -2.30. The Hall–Kier alpha value is -2.29. The number of nitriles is 1. The van der Waals surface area contributed by atoms with Crippen LogP contribution >= 0.6 is 0 Å². The minimum Gasteiger partial charge on any atom is -0.387 e. The van der Waals surface area contributed by atoms with Crippen molar-refractivity contribution in [3.05, 3.63) is 70.8 Å². The third kappa shape index (κ3) is 3.97. The highest BCUT2D eigenvalue weighted by Crippen LogP contribution is 2.31. The van der Waals surface area contributed by atoms with E-state index in [-0.39, 0.29) is 5.82 Å². The number of hydrogen-bond donors (Lipinski definition) is 1. The Bertz CT molecular complexity index is 751. The van der Waals surface area contributed by atoms with E-state index in [9.17, 15) is 19.1 Å². The van der Waals surface area contributed by atoms with Gasteiger partial charge in [-0.25, -0.2) is 8.78 Å². The monoisotopic (exact) mass is 328 g/mol. The third-order valence-corrected chi connectivity index (χ3v) is 4.29. The zero-order chi connectivity index (χ0) is 17.1. The molecule has 0 aromatic heterocycles. The lowest BCUT2D eigenvalue weighted by atomic mass is 10.1. The number of nitrogens with zero attached hydrogens (tertiary/aromatic N) is 2. The number of aliphatic hydroxyl groups excluding tert-OH is 1. The maximum absolute atomic E-state index is 13.3. The average Bonchev–Trinajstić information content (AvgIpc) is 3.41. The van der Waals surface area contributed by atoms with E-state index in [1.807, 2.05) is 6.07 Å². The summed E-state index contributed by atoms with van der Waals surface area (Å²) in [5, 5.41) is 19.6. The Morgan fingerprint density at radius 2 is 1.79 bits per heavy atom. The normalized spacial score (nSPS) is 15.3. The van der Waals surface area contributed by atoms with E-state index in [0.717, 1.165) is 18.4 Å². The fraction of sp³-hybridized carbons (Fsp3) is 0.316. The summed E-state index contributed by atoms with van der Waals surface area (Å²) in [4.78, 5) is 2.10. The molecule has 0 spiro atoms. The van der Waals surface area contributed by atoms with Crippen molar-refractivity contribution in [2.24, 2.45) is 0 Å². The third-order valence-electron chi connectivity index (χ3n) is 4.29. The molecule has 2 aromatic rings. The van der Waals surface area contributed by atoms with Crippen LogP contribution in [-0.2, 0) is 6.54 Å². The van der Waals surface area contributed by atoms with Crippen LogP contribution in [0.2, 0.25) is 0 Å². The van der Waals surface area contributed by atoms with Gasteiger partial charge in [-0.1, -0.05) is 18.2 Å². The van der Waals surface area contributed by atoms with E-state index in [4.69, 9.17) is 0 Å². The first-order valence-electron chi connectivity index (χ1n) is 7.93. The highest BCUT2D eigenvalue weighted by atomic mass is 19.1. The second-order valence-electron chi connectivity index (χ2n) is 6.14. The van der Waals surface area contributed by atoms with Crippen LogP contribution in [0.5, 0.6) is 0 Å². The Morgan fingerprint density at radius 1 is 1.12 bits per heavy atom. The van der Waals surface area contributed by atoms with Gasteiger partial charge in [-0.3, -0.25) is 4.90 Å². The van der Waals surface area contributed by atoms with Crippen LogP contribution in [0, 0.1) is 23.0 Å². The molecule has 1 unspecified atom stereocenters. The highest BCUT2D eigenvalue weighted by molar-refractivity contribution is 5.38. The number of rotatable bonds is 6. The van der Waals surface area contributed by atoms with Crippen molar-refractivity contribution in [1.82, 2.24) is 4.90 Å². The van der Waals surface area contributed by atoms with Gasteiger partial charge in [-0.05, 0) is 48.2 Å². The maximum atomic E-state index is 13.3. The summed E-state index contributed by atoms with van der Waals surface area (Å²) in [7, 11) is 0. The van der Waals surface area contributed by atoms with Crippen molar-refractivity contribution in [2.75, 3.05) is 6.54 Å². The lowest BCUT2D eigenvalue weighted by molar-refractivity contribution is 0.104. The molecule has 0 amide bonds. The SMILES string of the molecule is N#Cc1cc(F)ccc1CN(CC(O)c1ccc(F)cc1)C1CC1. The fourth-order valence-corrected chi connectivity index (χ4v) is 2.80. The van der Waals surface area contributed by atoms with Crippen molar-refractivity contribution in [3.8, 4) is 6.07 Å². The lowest BCUT2D eigenvalue weighted by Gasteiger charge is -2.25. The highest BCUT2D eigenvalue weighted by Gasteiger charge is 2.31. The van der Waals surface area contributed by atoms with E-state index in [0.29, 0.717) is 30.3 Å². The van der Waals surface area contributed by atoms with Crippen molar-refractivity contribution in [3.63, 3.8) is 0 Å². The second kappa shape index (κ2) is 7.08. The molecule has 0 radical (unpaired) electrons. The van der Waals surface area contributed by atoms with Crippen LogP contribution in [0.25, 0.3) is 0 Å². The van der Waals surface area contributed by atoms with Crippen LogP contribution in [0.3, 0.4) is 0 Å². The van der Waals surface area contributed by atoms with Gasteiger partial charge in [0.25, 0.3) is 0 Å². The smallest absolute Gasteiger partial charge is 0.124 e. The number of halogens is 2. The van der Waals surface area contributed by atoms with Gasteiger partial charge in [-0.15, -0.1) is 0 Å². The van der Waals surface area contributed by atoms with Gasteiger partial charge in [0, 0.05) is 19.1 Å². The fourth-order valence-electron chi connectivity index (χ4n) is 2.80. The van der Waals surface area contributed by atoms with E-state index in [1.54, 1.807) is 18.2 Å². The summed E-state index contributed by atoms with van der Waals surface area (Å²) in [6, 6.07) is 12.4. The van der Waals surface area contributed by atoms with Crippen LogP contribution in [0.15, 0.2) is 42.5 Å². The minimum atomic E-state index is -0.739. The van der Waals surface area contributed by atoms with Crippen LogP contribution in [0.1, 0.15) is 35.6 Å². The van der Waals surface area contributed by atoms with Crippen molar-refractivity contribution in [2.45, 2.75) is 31.5 Å². The molecule has 24 heavy (non-hydrogen) atoms. The van der Waals surface area contributed by atoms with Crippen LogP contribution in [0.4, 0.5) is 8.78 Å². The summed E-state index contributed by atoms with van der Waals surface area (Å²) in [6.07, 6.45) is 1.34. The summed E-state index contributed by atoms with van der Waals surface area (Å²) in [5.41, 5.74) is 1.72. The van der Waals surface area contributed by atoms with E-state index in [2.05, 4.69) is 4.90 Å². The zero-order valence-electron chi connectivity index (χ0n) is 13.1. The molecule has 3 rings (SSSR count). The van der Waals surface area contributed by atoms with Gasteiger partial charge in [0.1, 0.15) is 11.6 Å². The van der Waals surface area contributed by atoms with E-state index < -0.39 is 11.9 Å². The van der Waals surface area contributed by atoms with E-state index >= 15 is 0 Å². The molecular formula is C19H18F2N2O. The van der Waals surface area contributed by atoms with Gasteiger partial charge < -0.3 is 5.11 Å². The van der Waals surface area contributed by atoms with Gasteiger partial charge in [0.05, 0.1) is 17.7 Å². The number of benzene rings is 2. The van der Waals surface area contributed by atoms with Gasteiger partial charge in [-0.2, -0.15) is 5.26 Å². The molecule has 3 nitrogen and oxygen atoms in total. The van der Waals surface area contributed by atoms with Gasteiger partial charge in [0.2, 0.25) is 0 Å². The molecule has 2 aromatic carbocycles. The molecule has 1 N–H and O–H groups in total. The quantitative estimate of drug-likeness (QED) is 0.882. The molecule has 0 bridgehead atoms. The topological polar surface area (TPSA) is 47.3 Å².